The van der Waals surface area contributed by atoms with Crippen LogP contribution in [0.25, 0.3) is 16.6 Å². The van der Waals surface area contributed by atoms with Gasteiger partial charge in [0.25, 0.3) is 5.91 Å². The number of pyridine rings is 1. The highest BCUT2D eigenvalue weighted by Crippen LogP contribution is 2.28. The number of carbonyl (C=O) groups is 2. The summed E-state index contributed by atoms with van der Waals surface area (Å²) in [6.07, 6.45) is -1.16. The van der Waals surface area contributed by atoms with E-state index < -0.39 is 12.1 Å². The number of hydrogen-bond acceptors (Lipinski definition) is 5. The third-order valence-electron chi connectivity index (χ3n) is 6.48. The third kappa shape index (κ3) is 5.70. The van der Waals surface area contributed by atoms with Gasteiger partial charge in [-0.1, -0.05) is 41.1 Å². The molecule has 9 nitrogen and oxygen atoms in total. The molecule has 0 aliphatic carbocycles. The molecule has 1 saturated heterocycles. The monoisotopic (exact) mass is 528 g/mol. The number of carboxylic acids is 1. The lowest BCUT2D eigenvalue weighted by molar-refractivity contribution is -0.192. The minimum atomic E-state index is -5.08. The van der Waals surface area contributed by atoms with Gasteiger partial charge in [-0.15, -0.1) is 5.10 Å². The first kappa shape index (κ1) is 26.9. The number of aliphatic carboxylic acids is 1. The molecular formula is C26H27F3N6O3. The van der Waals surface area contributed by atoms with Gasteiger partial charge < -0.3 is 14.6 Å². The summed E-state index contributed by atoms with van der Waals surface area (Å²) < 4.78 is 35.5. The number of aromatic nitrogens is 4. The maximum absolute atomic E-state index is 13.0. The van der Waals surface area contributed by atoms with Crippen LogP contribution in [0, 0.1) is 6.92 Å². The van der Waals surface area contributed by atoms with Crippen LogP contribution in [0.1, 0.15) is 27.8 Å². The smallest absolute Gasteiger partial charge is 0.475 e. The molecule has 4 heterocycles. The number of carbonyl (C=O) groups excluding carboxylic acids is 1. The standard InChI is InChI=1S/C24H26N6O.C2HF3O2/c1-17-6-8-18(9-7-17)19-10-11-20-23(25-26-30(20)15-19)22-16-29(14-13-28(22)3)24(31)21-5-4-12-27(21)2;3-2(4,5)1(6)7/h4-12,15,22H,13-14,16H2,1-3H3;(H,6,7). The predicted octanol–water partition coefficient (Wildman–Crippen LogP) is 3.81. The SMILES string of the molecule is Cc1ccc(-c2ccc3c(C4CN(C(=O)c5cccn5C)CCN4C)nnn3c2)cc1.O=C(O)C(F)(F)F. The molecule has 1 aliphatic rings. The highest BCUT2D eigenvalue weighted by molar-refractivity contribution is 5.93. The predicted molar refractivity (Wildman–Crippen MR) is 134 cm³/mol. The van der Waals surface area contributed by atoms with Gasteiger partial charge >= 0.3 is 12.1 Å². The number of benzene rings is 1. The summed E-state index contributed by atoms with van der Waals surface area (Å²) >= 11 is 0. The molecule has 1 atom stereocenters. The Morgan fingerprint density at radius 3 is 2.26 bits per heavy atom. The van der Waals surface area contributed by atoms with E-state index in [4.69, 9.17) is 9.90 Å². The summed E-state index contributed by atoms with van der Waals surface area (Å²) in [5, 5.41) is 16.0. The van der Waals surface area contributed by atoms with Crippen molar-refractivity contribution in [3.05, 3.63) is 77.9 Å². The molecule has 1 aliphatic heterocycles. The molecule has 12 heteroatoms. The Morgan fingerprint density at radius 2 is 1.66 bits per heavy atom. The van der Waals surface area contributed by atoms with E-state index in [1.165, 1.54) is 5.56 Å². The minimum Gasteiger partial charge on any atom is -0.475 e. The number of carboxylic acid groups (broad SMARTS) is 1. The van der Waals surface area contributed by atoms with Gasteiger partial charge in [0.2, 0.25) is 0 Å². The minimum absolute atomic E-state index is 0.000642. The van der Waals surface area contributed by atoms with Crippen molar-refractivity contribution in [1.29, 1.82) is 0 Å². The summed E-state index contributed by atoms with van der Waals surface area (Å²) in [5.41, 5.74) is 6.07. The molecule has 1 aromatic carbocycles. The number of aryl methyl sites for hydroxylation is 2. The van der Waals surface area contributed by atoms with Crippen molar-refractivity contribution in [3.63, 3.8) is 0 Å². The molecular weight excluding hydrogens is 501 g/mol. The van der Waals surface area contributed by atoms with E-state index in [0.717, 1.165) is 28.9 Å². The molecule has 0 spiro atoms. The largest absolute Gasteiger partial charge is 0.490 e. The van der Waals surface area contributed by atoms with Crippen molar-refractivity contribution in [2.75, 3.05) is 26.7 Å². The highest BCUT2D eigenvalue weighted by Gasteiger charge is 2.38. The Morgan fingerprint density at radius 1 is 1.00 bits per heavy atom. The number of nitrogens with zero attached hydrogens (tertiary/aromatic N) is 6. The Labute approximate surface area is 216 Å². The highest BCUT2D eigenvalue weighted by atomic mass is 19.4. The second-order valence-corrected chi connectivity index (χ2v) is 9.14. The van der Waals surface area contributed by atoms with Crippen LogP contribution in [-0.4, -0.2) is 79.0 Å². The summed E-state index contributed by atoms with van der Waals surface area (Å²) in [6, 6.07) is 16.4. The summed E-state index contributed by atoms with van der Waals surface area (Å²) in [7, 11) is 3.99. The van der Waals surface area contributed by atoms with Crippen LogP contribution in [0.5, 0.6) is 0 Å². The van der Waals surface area contributed by atoms with Crippen molar-refractivity contribution < 1.29 is 27.9 Å². The number of amides is 1. The lowest BCUT2D eigenvalue weighted by atomic mass is 10.0. The zero-order chi connectivity index (χ0) is 27.6. The van der Waals surface area contributed by atoms with Gasteiger partial charge in [0.15, 0.2) is 0 Å². The lowest BCUT2D eigenvalue weighted by Gasteiger charge is -2.38. The Kier molecular flexibility index (Phi) is 7.53. The number of fused-ring (bicyclic) bond motifs is 1. The van der Waals surface area contributed by atoms with E-state index in [9.17, 15) is 18.0 Å². The zero-order valence-electron chi connectivity index (χ0n) is 21.1. The molecule has 1 unspecified atom stereocenters. The molecule has 3 aromatic heterocycles. The first-order chi connectivity index (χ1) is 18.0. The fourth-order valence-corrected chi connectivity index (χ4v) is 4.27. The molecule has 0 saturated carbocycles. The van der Waals surface area contributed by atoms with Gasteiger partial charge in [0, 0.05) is 44.6 Å². The topological polar surface area (TPSA) is 96.0 Å². The van der Waals surface area contributed by atoms with E-state index in [1.54, 1.807) is 0 Å². The van der Waals surface area contributed by atoms with E-state index in [1.807, 2.05) is 45.6 Å². The van der Waals surface area contributed by atoms with E-state index in [0.29, 0.717) is 18.8 Å². The summed E-state index contributed by atoms with van der Waals surface area (Å²) in [6.45, 7) is 4.17. The van der Waals surface area contributed by atoms with Crippen LogP contribution in [0.4, 0.5) is 13.2 Å². The van der Waals surface area contributed by atoms with Crippen molar-refractivity contribution in [1.82, 2.24) is 29.2 Å². The Balaban J connectivity index is 0.000000426. The zero-order valence-corrected chi connectivity index (χ0v) is 21.1. The second-order valence-electron chi connectivity index (χ2n) is 9.14. The van der Waals surface area contributed by atoms with Crippen molar-refractivity contribution in [2.45, 2.75) is 19.1 Å². The molecule has 200 valence electrons. The lowest BCUT2D eigenvalue weighted by Crippen LogP contribution is -2.49. The van der Waals surface area contributed by atoms with E-state index >= 15 is 0 Å². The van der Waals surface area contributed by atoms with Crippen LogP contribution in [-0.2, 0) is 11.8 Å². The van der Waals surface area contributed by atoms with Crippen LogP contribution < -0.4 is 0 Å². The molecule has 0 bridgehead atoms. The number of rotatable bonds is 3. The Hall–Kier alpha value is -4.19. The first-order valence-electron chi connectivity index (χ1n) is 11.8. The normalized spacial score (nSPS) is 16.3. The van der Waals surface area contributed by atoms with Gasteiger partial charge in [0.05, 0.1) is 11.6 Å². The van der Waals surface area contributed by atoms with Gasteiger partial charge in [-0.05, 0) is 37.7 Å². The average molecular weight is 529 g/mol. The van der Waals surface area contributed by atoms with E-state index in [-0.39, 0.29) is 11.9 Å². The maximum atomic E-state index is 13.0. The van der Waals surface area contributed by atoms with Gasteiger partial charge in [-0.2, -0.15) is 13.2 Å². The second kappa shape index (κ2) is 10.7. The first-order valence-corrected chi connectivity index (χ1v) is 11.8. The van der Waals surface area contributed by atoms with Crippen LogP contribution in [0.15, 0.2) is 60.9 Å². The molecule has 1 amide bonds. The fourth-order valence-electron chi connectivity index (χ4n) is 4.27. The fraction of sp³-hybridized carbons (Fsp3) is 0.308. The molecule has 1 N–H and O–H groups in total. The molecule has 38 heavy (non-hydrogen) atoms. The maximum Gasteiger partial charge on any atom is 0.490 e. The molecule has 5 rings (SSSR count). The van der Waals surface area contributed by atoms with Crippen LogP contribution in [0.2, 0.25) is 0 Å². The molecule has 1 fully saturated rings. The van der Waals surface area contributed by atoms with Gasteiger partial charge in [0.1, 0.15) is 11.4 Å². The van der Waals surface area contributed by atoms with Crippen molar-refractivity contribution in [3.8, 4) is 11.1 Å². The molecule has 0 radical (unpaired) electrons. The molecule has 4 aromatic rings. The summed E-state index contributed by atoms with van der Waals surface area (Å²) in [4.78, 5) is 26.1. The number of alkyl halides is 3. The van der Waals surface area contributed by atoms with Crippen LogP contribution in [0.3, 0.4) is 0 Å². The number of piperazine rings is 1. The van der Waals surface area contributed by atoms with Crippen molar-refractivity contribution in [2.24, 2.45) is 7.05 Å². The average Bonchev–Trinajstić information content (AvgIpc) is 3.50. The quantitative estimate of drug-likeness (QED) is 0.435. The third-order valence-corrected chi connectivity index (χ3v) is 6.48. The van der Waals surface area contributed by atoms with Crippen molar-refractivity contribution >= 4 is 17.4 Å². The number of hydrogen-bond donors (Lipinski definition) is 1. The van der Waals surface area contributed by atoms with Gasteiger partial charge in [-0.25, -0.2) is 9.31 Å². The summed E-state index contributed by atoms with van der Waals surface area (Å²) in [5.74, 6) is -2.70. The van der Waals surface area contributed by atoms with Gasteiger partial charge in [-0.3, -0.25) is 9.69 Å². The number of halogens is 3. The number of likely N-dealkylation sites (N-methyl/N-ethyl adjacent to an activating group) is 1. The van der Waals surface area contributed by atoms with E-state index in [2.05, 4.69) is 65.6 Å². The Bertz CT molecular complexity index is 1440. The van der Waals surface area contributed by atoms with Crippen LogP contribution >= 0.6 is 0 Å².